The van der Waals surface area contributed by atoms with Gasteiger partial charge in [0.05, 0.1) is 0 Å². The molecule has 0 atom stereocenters. The summed E-state index contributed by atoms with van der Waals surface area (Å²) in [7, 11) is 1.58. The second-order valence-corrected chi connectivity index (χ2v) is 1.61. The number of anilines is 1. The molecule has 0 saturated heterocycles. The summed E-state index contributed by atoms with van der Waals surface area (Å²) in [6.45, 7) is 0. The van der Waals surface area contributed by atoms with E-state index in [1.54, 1.807) is 7.05 Å². The van der Waals surface area contributed by atoms with E-state index in [0.29, 0.717) is 5.95 Å². The van der Waals surface area contributed by atoms with Gasteiger partial charge in [-0.1, -0.05) is 0 Å². The van der Waals surface area contributed by atoms with E-state index in [1.165, 1.54) is 5.01 Å². The van der Waals surface area contributed by atoms with Crippen molar-refractivity contribution in [1.29, 1.82) is 0 Å². The number of nitrogens with one attached hydrogen (secondary N) is 2. The fraction of sp³-hybridized carbons (Fsp3) is 0.333. The molecular formula is C3H7N5O. The van der Waals surface area contributed by atoms with Gasteiger partial charge in [0, 0.05) is 7.05 Å². The minimum Gasteiger partial charge on any atom is -0.282 e. The van der Waals surface area contributed by atoms with Crippen LogP contribution >= 0.6 is 0 Å². The Morgan fingerprint density at radius 3 is 2.67 bits per heavy atom. The van der Waals surface area contributed by atoms with Crippen LogP contribution in [0.15, 0.2) is 4.79 Å². The Hall–Kier alpha value is -1.30. The molecule has 0 aliphatic heterocycles. The smallest absolute Gasteiger partial charge is 0.282 e. The topological polar surface area (TPSA) is 90.8 Å². The Bertz CT molecular complexity index is 234. The maximum Gasteiger partial charge on any atom is 0.342 e. The Morgan fingerprint density at radius 1 is 1.78 bits per heavy atom. The molecule has 1 rings (SSSR count). The van der Waals surface area contributed by atoms with Crippen LogP contribution in [-0.4, -0.2) is 22.2 Å². The second kappa shape index (κ2) is 1.90. The van der Waals surface area contributed by atoms with E-state index >= 15 is 0 Å². The summed E-state index contributed by atoms with van der Waals surface area (Å²) >= 11 is 0. The Balaban J connectivity index is 2.98. The summed E-state index contributed by atoms with van der Waals surface area (Å²) in [4.78, 5) is 12.7. The molecule has 1 aromatic heterocycles. The lowest BCUT2D eigenvalue weighted by atomic mass is 11.0. The molecule has 0 saturated carbocycles. The second-order valence-electron chi connectivity index (χ2n) is 1.61. The summed E-state index contributed by atoms with van der Waals surface area (Å²) in [6, 6.07) is 0. The Labute approximate surface area is 50.6 Å². The summed E-state index contributed by atoms with van der Waals surface area (Å²) in [5.41, 5.74) is -0.359. The van der Waals surface area contributed by atoms with Crippen molar-refractivity contribution in [2.24, 2.45) is 5.84 Å². The van der Waals surface area contributed by atoms with Gasteiger partial charge >= 0.3 is 5.69 Å². The van der Waals surface area contributed by atoms with Crippen molar-refractivity contribution in [3.05, 3.63) is 10.5 Å². The molecule has 0 aliphatic carbocycles. The van der Waals surface area contributed by atoms with Crippen molar-refractivity contribution in [3.63, 3.8) is 0 Å². The van der Waals surface area contributed by atoms with E-state index in [0.717, 1.165) is 0 Å². The highest BCUT2D eigenvalue weighted by Gasteiger charge is 1.96. The van der Waals surface area contributed by atoms with Crippen molar-refractivity contribution >= 4 is 5.95 Å². The van der Waals surface area contributed by atoms with Crippen LogP contribution in [0.4, 0.5) is 5.95 Å². The largest absolute Gasteiger partial charge is 0.342 e. The average Bonchev–Trinajstić information content (AvgIpc) is 2.14. The van der Waals surface area contributed by atoms with E-state index in [-0.39, 0.29) is 5.69 Å². The molecule has 0 unspecified atom stereocenters. The molecule has 50 valence electrons. The van der Waals surface area contributed by atoms with Gasteiger partial charge in [0.1, 0.15) is 0 Å². The number of hydrogen-bond donors (Lipinski definition) is 3. The lowest BCUT2D eigenvalue weighted by Crippen LogP contribution is -2.26. The van der Waals surface area contributed by atoms with E-state index in [1.807, 2.05) is 0 Å². The first-order valence-electron chi connectivity index (χ1n) is 2.33. The maximum absolute atomic E-state index is 10.3. The zero-order valence-corrected chi connectivity index (χ0v) is 4.88. The van der Waals surface area contributed by atoms with Gasteiger partial charge in [-0.25, -0.2) is 15.7 Å². The summed E-state index contributed by atoms with van der Waals surface area (Å²) < 4.78 is 0. The molecule has 1 heterocycles. The first kappa shape index (κ1) is 5.83. The maximum atomic E-state index is 10.3. The third kappa shape index (κ3) is 1.08. The van der Waals surface area contributed by atoms with Gasteiger partial charge in [-0.15, -0.1) is 5.10 Å². The number of hydrogen-bond acceptors (Lipinski definition) is 4. The minimum atomic E-state index is -0.359. The van der Waals surface area contributed by atoms with Gasteiger partial charge in [0.15, 0.2) is 0 Å². The van der Waals surface area contributed by atoms with E-state index in [2.05, 4.69) is 15.2 Å². The highest BCUT2D eigenvalue weighted by Crippen LogP contribution is 1.89. The Kier molecular flexibility index (Phi) is 1.23. The van der Waals surface area contributed by atoms with Crippen LogP contribution in [-0.2, 0) is 0 Å². The SMILES string of the molecule is CN(N)c1n[nH]c(=O)[nH]1. The molecule has 0 amide bonds. The lowest BCUT2D eigenvalue weighted by Gasteiger charge is -2.03. The molecule has 9 heavy (non-hydrogen) atoms. The Morgan fingerprint density at radius 2 is 2.44 bits per heavy atom. The van der Waals surface area contributed by atoms with Gasteiger partial charge in [-0.2, -0.15) is 0 Å². The van der Waals surface area contributed by atoms with Crippen molar-refractivity contribution < 1.29 is 0 Å². The van der Waals surface area contributed by atoms with Crippen LogP contribution in [0.5, 0.6) is 0 Å². The molecule has 0 aromatic carbocycles. The van der Waals surface area contributed by atoms with Gasteiger partial charge in [0.2, 0.25) is 5.95 Å². The standard InChI is InChI=1S/C3H7N5O/c1-8(4)2-5-3(9)7-6-2/h4H2,1H3,(H2,5,6,7,9). The third-order valence-corrected chi connectivity index (χ3v) is 0.823. The van der Waals surface area contributed by atoms with Crippen LogP contribution in [0.2, 0.25) is 0 Å². The number of aromatic amines is 2. The van der Waals surface area contributed by atoms with Gasteiger partial charge in [0.25, 0.3) is 0 Å². The van der Waals surface area contributed by atoms with Crippen LogP contribution in [0.25, 0.3) is 0 Å². The molecule has 0 spiro atoms. The molecule has 6 nitrogen and oxygen atoms in total. The number of H-pyrrole nitrogens is 2. The van der Waals surface area contributed by atoms with Crippen molar-refractivity contribution in [3.8, 4) is 0 Å². The zero-order valence-electron chi connectivity index (χ0n) is 4.88. The highest BCUT2D eigenvalue weighted by molar-refractivity contribution is 5.20. The normalized spacial score (nSPS) is 9.56. The summed E-state index contributed by atoms with van der Waals surface area (Å²) in [5.74, 6) is 5.53. The van der Waals surface area contributed by atoms with Crippen molar-refractivity contribution in [2.75, 3.05) is 12.1 Å². The van der Waals surface area contributed by atoms with Crippen molar-refractivity contribution in [2.45, 2.75) is 0 Å². The molecule has 0 fully saturated rings. The number of hydrazine groups is 1. The first-order valence-corrected chi connectivity index (χ1v) is 2.33. The predicted octanol–water partition coefficient (Wildman–Crippen LogP) is -1.59. The lowest BCUT2D eigenvalue weighted by molar-refractivity contribution is 0.933. The first-order chi connectivity index (χ1) is 4.20. The predicted molar refractivity (Wildman–Crippen MR) is 31.8 cm³/mol. The van der Waals surface area contributed by atoms with Crippen molar-refractivity contribution in [1.82, 2.24) is 15.2 Å². The van der Waals surface area contributed by atoms with Gasteiger partial charge < -0.3 is 0 Å². The summed E-state index contributed by atoms with van der Waals surface area (Å²) in [6.07, 6.45) is 0. The zero-order chi connectivity index (χ0) is 6.85. The monoisotopic (exact) mass is 129 g/mol. The molecule has 0 bridgehead atoms. The number of aromatic nitrogens is 3. The minimum absolute atomic E-state index is 0.319. The highest BCUT2D eigenvalue weighted by atomic mass is 16.1. The fourth-order valence-corrected chi connectivity index (χ4v) is 0.428. The number of nitrogens with two attached hydrogens (primary N) is 1. The molecule has 6 heteroatoms. The number of rotatable bonds is 1. The molecule has 0 aliphatic rings. The van der Waals surface area contributed by atoms with Crippen LogP contribution in [0.1, 0.15) is 0 Å². The van der Waals surface area contributed by atoms with E-state index < -0.39 is 0 Å². The average molecular weight is 129 g/mol. The molecule has 4 N–H and O–H groups in total. The third-order valence-electron chi connectivity index (χ3n) is 0.823. The molecule has 1 aromatic rings. The van der Waals surface area contributed by atoms with Crippen LogP contribution in [0, 0.1) is 0 Å². The molecular weight excluding hydrogens is 122 g/mol. The number of nitrogens with zero attached hydrogens (tertiary/aromatic N) is 2. The summed E-state index contributed by atoms with van der Waals surface area (Å²) in [5, 5.41) is 6.90. The molecule has 0 radical (unpaired) electrons. The van der Waals surface area contributed by atoms with Crippen LogP contribution in [0.3, 0.4) is 0 Å². The van der Waals surface area contributed by atoms with Crippen LogP contribution < -0.4 is 16.5 Å². The van der Waals surface area contributed by atoms with E-state index in [9.17, 15) is 4.79 Å². The van der Waals surface area contributed by atoms with Gasteiger partial charge in [-0.3, -0.25) is 9.99 Å². The quantitative estimate of drug-likeness (QED) is 0.315. The van der Waals surface area contributed by atoms with E-state index in [4.69, 9.17) is 5.84 Å². The fourth-order valence-electron chi connectivity index (χ4n) is 0.428. The van der Waals surface area contributed by atoms with Gasteiger partial charge in [-0.05, 0) is 0 Å².